The Morgan fingerprint density at radius 2 is 1.95 bits per heavy atom. The SMILES string of the molecule is CC(C)n1cc(N)cc1C(=O)N1CCc2ccccc2C1. The maximum Gasteiger partial charge on any atom is 0.270 e. The summed E-state index contributed by atoms with van der Waals surface area (Å²) >= 11 is 0. The van der Waals surface area contributed by atoms with Crippen LogP contribution < -0.4 is 5.73 Å². The molecule has 4 heteroatoms. The van der Waals surface area contributed by atoms with E-state index < -0.39 is 0 Å². The molecule has 2 aromatic rings. The number of benzene rings is 1. The highest BCUT2D eigenvalue weighted by Gasteiger charge is 2.24. The number of amides is 1. The number of nitrogens with zero attached hydrogens (tertiary/aromatic N) is 2. The minimum Gasteiger partial charge on any atom is -0.397 e. The van der Waals surface area contributed by atoms with Crippen molar-refractivity contribution in [3.8, 4) is 0 Å². The minimum absolute atomic E-state index is 0.0647. The molecule has 4 nitrogen and oxygen atoms in total. The lowest BCUT2D eigenvalue weighted by Crippen LogP contribution is -2.37. The van der Waals surface area contributed by atoms with Crippen molar-refractivity contribution in [3.63, 3.8) is 0 Å². The van der Waals surface area contributed by atoms with Crippen molar-refractivity contribution in [2.75, 3.05) is 12.3 Å². The van der Waals surface area contributed by atoms with Crippen LogP contribution in [0, 0.1) is 0 Å². The molecular formula is C17H21N3O. The topological polar surface area (TPSA) is 51.3 Å². The summed E-state index contributed by atoms with van der Waals surface area (Å²) in [6.07, 6.45) is 2.76. The summed E-state index contributed by atoms with van der Waals surface area (Å²) in [5.74, 6) is 0.0647. The minimum atomic E-state index is 0.0647. The van der Waals surface area contributed by atoms with E-state index >= 15 is 0 Å². The van der Waals surface area contributed by atoms with E-state index in [1.807, 2.05) is 21.7 Å². The third kappa shape index (κ3) is 2.53. The van der Waals surface area contributed by atoms with Gasteiger partial charge >= 0.3 is 0 Å². The van der Waals surface area contributed by atoms with E-state index in [1.54, 1.807) is 6.07 Å². The fourth-order valence-corrected chi connectivity index (χ4v) is 2.93. The number of aromatic nitrogens is 1. The van der Waals surface area contributed by atoms with Gasteiger partial charge in [0, 0.05) is 25.3 Å². The van der Waals surface area contributed by atoms with Crippen LogP contribution in [0.5, 0.6) is 0 Å². The molecule has 0 saturated heterocycles. The normalized spacial score (nSPS) is 14.3. The number of anilines is 1. The molecule has 0 radical (unpaired) electrons. The number of nitrogens with two attached hydrogens (primary N) is 1. The first-order valence-corrected chi connectivity index (χ1v) is 7.39. The number of carbonyl (C=O) groups excluding carboxylic acids is 1. The monoisotopic (exact) mass is 283 g/mol. The van der Waals surface area contributed by atoms with Crippen LogP contribution >= 0.6 is 0 Å². The Morgan fingerprint density at radius 1 is 1.24 bits per heavy atom. The average molecular weight is 283 g/mol. The third-order valence-electron chi connectivity index (χ3n) is 4.06. The Morgan fingerprint density at radius 3 is 2.67 bits per heavy atom. The van der Waals surface area contributed by atoms with Crippen molar-refractivity contribution >= 4 is 11.6 Å². The van der Waals surface area contributed by atoms with Gasteiger partial charge in [-0.1, -0.05) is 24.3 Å². The lowest BCUT2D eigenvalue weighted by molar-refractivity contribution is 0.0722. The van der Waals surface area contributed by atoms with Crippen molar-refractivity contribution < 1.29 is 4.79 Å². The zero-order chi connectivity index (χ0) is 15.0. The largest absolute Gasteiger partial charge is 0.397 e. The second-order valence-electron chi connectivity index (χ2n) is 5.91. The molecule has 0 spiro atoms. The van der Waals surface area contributed by atoms with Gasteiger partial charge in [-0.15, -0.1) is 0 Å². The molecule has 1 aliphatic rings. The van der Waals surface area contributed by atoms with Crippen LogP contribution in [0.1, 0.15) is 41.5 Å². The molecule has 0 unspecified atom stereocenters. The van der Waals surface area contributed by atoms with E-state index in [0.29, 0.717) is 17.9 Å². The Hall–Kier alpha value is -2.23. The van der Waals surface area contributed by atoms with Crippen molar-refractivity contribution in [2.45, 2.75) is 32.9 Å². The summed E-state index contributed by atoms with van der Waals surface area (Å²) in [7, 11) is 0. The van der Waals surface area contributed by atoms with E-state index in [4.69, 9.17) is 5.73 Å². The van der Waals surface area contributed by atoms with Crippen LogP contribution in [-0.2, 0) is 13.0 Å². The first kappa shape index (κ1) is 13.7. The molecule has 1 amide bonds. The van der Waals surface area contributed by atoms with Gasteiger partial charge in [0.25, 0.3) is 5.91 Å². The van der Waals surface area contributed by atoms with Gasteiger partial charge in [-0.3, -0.25) is 4.79 Å². The quantitative estimate of drug-likeness (QED) is 0.921. The number of hydrogen-bond donors (Lipinski definition) is 1. The lowest BCUT2D eigenvalue weighted by Gasteiger charge is -2.29. The number of carbonyl (C=O) groups is 1. The molecule has 1 aromatic carbocycles. The number of nitrogen functional groups attached to an aromatic ring is 1. The average Bonchev–Trinajstić information content (AvgIpc) is 2.88. The molecule has 1 aromatic heterocycles. The summed E-state index contributed by atoms with van der Waals surface area (Å²) < 4.78 is 1.96. The summed E-state index contributed by atoms with van der Waals surface area (Å²) in [5.41, 5.74) is 9.79. The molecule has 0 fully saturated rings. The van der Waals surface area contributed by atoms with Gasteiger partial charge in [0.05, 0.1) is 5.69 Å². The van der Waals surface area contributed by atoms with Gasteiger partial charge in [0.1, 0.15) is 5.69 Å². The number of rotatable bonds is 2. The van der Waals surface area contributed by atoms with Gasteiger partial charge in [-0.25, -0.2) is 0 Å². The Bertz CT molecular complexity index is 672. The summed E-state index contributed by atoms with van der Waals surface area (Å²) in [6.45, 7) is 5.56. The third-order valence-corrected chi connectivity index (χ3v) is 4.06. The second-order valence-corrected chi connectivity index (χ2v) is 5.91. The maximum absolute atomic E-state index is 12.8. The Labute approximate surface area is 125 Å². The predicted molar refractivity (Wildman–Crippen MR) is 84.1 cm³/mol. The molecule has 2 N–H and O–H groups in total. The lowest BCUT2D eigenvalue weighted by atomic mass is 10.00. The number of hydrogen-bond acceptors (Lipinski definition) is 2. The molecule has 110 valence electrons. The zero-order valence-corrected chi connectivity index (χ0v) is 12.5. The molecule has 3 rings (SSSR count). The van der Waals surface area contributed by atoms with Crippen molar-refractivity contribution in [2.24, 2.45) is 0 Å². The second kappa shape index (κ2) is 5.28. The van der Waals surface area contributed by atoms with Crippen LogP contribution in [0.4, 0.5) is 5.69 Å². The van der Waals surface area contributed by atoms with E-state index in [9.17, 15) is 4.79 Å². The van der Waals surface area contributed by atoms with Crippen molar-refractivity contribution in [1.82, 2.24) is 9.47 Å². The Balaban J connectivity index is 1.87. The van der Waals surface area contributed by atoms with Gasteiger partial charge < -0.3 is 15.2 Å². The predicted octanol–water partition coefficient (Wildman–Crippen LogP) is 2.85. The molecule has 0 saturated carbocycles. The summed E-state index contributed by atoms with van der Waals surface area (Å²) in [5, 5.41) is 0. The highest BCUT2D eigenvalue weighted by molar-refractivity contribution is 5.94. The summed E-state index contributed by atoms with van der Waals surface area (Å²) in [6, 6.07) is 10.3. The molecule has 21 heavy (non-hydrogen) atoms. The first-order valence-electron chi connectivity index (χ1n) is 7.39. The van der Waals surface area contributed by atoms with E-state index in [2.05, 4.69) is 32.0 Å². The zero-order valence-electron chi connectivity index (χ0n) is 12.5. The molecular weight excluding hydrogens is 262 g/mol. The fourth-order valence-electron chi connectivity index (χ4n) is 2.93. The highest BCUT2D eigenvalue weighted by Crippen LogP contribution is 2.23. The molecule has 0 aliphatic carbocycles. The van der Waals surface area contributed by atoms with Crippen molar-refractivity contribution in [3.05, 3.63) is 53.3 Å². The van der Waals surface area contributed by atoms with E-state index in [1.165, 1.54) is 11.1 Å². The van der Waals surface area contributed by atoms with Gasteiger partial charge in [-0.05, 0) is 37.5 Å². The summed E-state index contributed by atoms with van der Waals surface area (Å²) in [4.78, 5) is 14.7. The number of fused-ring (bicyclic) bond motifs is 1. The first-order chi connectivity index (χ1) is 10.1. The van der Waals surface area contributed by atoms with Crippen LogP contribution in [0.2, 0.25) is 0 Å². The molecule has 0 atom stereocenters. The van der Waals surface area contributed by atoms with Gasteiger partial charge in [-0.2, -0.15) is 0 Å². The standard InChI is InChI=1S/C17H21N3O/c1-12(2)20-11-15(18)9-16(20)17(21)19-8-7-13-5-3-4-6-14(13)10-19/h3-6,9,11-12H,7-8,10,18H2,1-2H3. The maximum atomic E-state index is 12.8. The van der Waals surface area contributed by atoms with Gasteiger partial charge in [0.2, 0.25) is 0 Å². The Kier molecular flexibility index (Phi) is 3.45. The van der Waals surface area contributed by atoms with Crippen LogP contribution in [0.15, 0.2) is 36.5 Å². The van der Waals surface area contributed by atoms with E-state index in [0.717, 1.165) is 13.0 Å². The van der Waals surface area contributed by atoms with Crippen molar-refractivity contribution in [1.29, 1.82) is 0 Å². The van der Waals surface area contributed by atoms with E-state index in [-0.39, 0.29) is 11.9 Å². The van der Waals surface area contributed by atoms with Crippen LogP contribution in [-0.4, -0.2) is 21.9 Å². The molecule has 0 bridgehead atoms. The highest BCUT2D eigenvalue weighted by atomic mass is 16.2. The van der Waals surface area contributed by atoms with Crippen LogP contribution in [0.25, 0.3) is 0 Å². The molecule has 2 heterocycles. The molecule has 1 aliphatic heterocycles. The smallest absolute Gasteiger partial charge is 0.270 e. The fraction of sp³-hybridized carbons (Fsp3) is 0.353. The van der Waals surface area contributed by atoms with Crippen LogP contribution in [0.3, 0.4) is 0 Å². The van der Waals surface area contributed by atoms with Gasteiger partial charge in [0.15, 0.2) is 0 Å².